The highest BCUT2D eigenvalue weighted by Crippen LogP contribution is 1.89. The van der Waals surface area contributed by atoms with E-state index in [-0.39, 0.29) is 5.92 Å². The Labute approximate surface area is 96.3 Å². The first-order chi connectivity index (χ1) is 7.18. The molecule has 1 atom stereocenters. The van der Waals surface area contributed by atoms with Gasteiger partial charge in [-0.1, -0.05) is 55.4 Å². The normalized spacial score (nSPS) is 9.07. The lowest BCUT2D eigenvalue weighted by Gasteiger charge is -2.04. The fraction of sp³-hybridized carbons (Fsp3) is 0.917. The molecule has 0 aliphatic rings. The predicted molar refractivity (Wildman–Crippen MR) is 69.4 cm³/mol. The molecule has 0 aromatic heterocycles. The number of aliphatic carboxylic acids is 1. The second kappa shape index (κ2) is 29.2. The SMILES string of the molecule is CC.CC.CC.CCNCC(C)C(=O)O. The third-order valence-corrected chi connectivity index (χ3v) is 1.12. The van der Waals surface area contributed by atoms with E-state index >= 15 is 0 Å². The van der Waals surface area contributed by atoms with Crippen LogP contribution in [0, 0.1) is 5.92 Å². The highest BCUT2D eigenvalue weighted by atomic mass is 16.4. The quantitative estimate of drug-likeness (QED) is 0.765. The molecule has 0 aliphatic heterocycles. The van der Waals surface area contributed by atoms with Crippen LogP contribution in [0.2, 0.25) is 0 Å². The summed E-state index contributed by atoms with van der Waals surface area (Å²) in [5.74, 6) is -1.01. The maximum Gasteiger partial charge on any atom is 0.307 e. The van der Waals surface area contributed by atoms with Crippen LogP contribution in [0.3, 0.4) is 0 Å². The highest BCUT2D eigenvalue weighted by Gasteiger charge is 2.07. The van der Waals surface area contributed by atoms with Gasteiger partial charge in [-0.2, -0.15) is 0 Å². The van der Waals surface area contributed by atoms with Crippen molar-refractivity contribution in [3.8, 4) is 0 Å². The minimum absolute atomic E-state index is 0.273. The zero-order valence-corrected chi connectivity index (χ0v) is 11.8. The average molecular weight is 221 g/mol. The van der Waals surface area contributed by atoms with Crippen molar-refractivity contribution in [1.82, 2.24) is 5.32 Å². The maximum atomic E-state index is 10.2. The van der Waals surface area contributed by atoms with Crippen LogP contribution in [0.1, 0.15) is 55.4 Å². The molecule has 0 fully saturated rings. The molecule has 0 aromatic rings. The van der Waals surface area contributed by atoms with Crippen molar-refractivity contribution >= 4 is 5.97 Å². The smallest absolute Gasteiger partial charge is 0.307 e. The molecule has 0 amide bonds. The Bertz CT molecular complexity index is 95.6. The first kappa shape index (κ1) is 23.9. The molecule has 0 spiro atoms. The molecule has 0 aromatic carbocycles. The average Bonchev–Trinajstić information content (AvgIpc) is 2.33. The Morgan fingerprint density at radius 2 is 1.47 bits per heavy atom. The Kier molecular flexibility index (Phi) is 46.6. The van der Waals surface area contributed by atoms with Gasteiger partial charge in [-0.05, 0) is 6.54 Å². The molecule has 3 nitrogen and oxygen atoms in total. The van der Waals surface area contributed by atoms with Gasteiger partial charge >= 0.3 is 5.97 Å². The first-order valence-corrected chi connectivity index (χ1v) is 6.12. The zero-order chi connectivity index (χ0) is 13.3. The van der Waals surface area contributed by atoms with Crippen LogP contribution in [0.25, 0.3) is 0 Å². The summed E-state index contributed by atoms with van der Waals surface area (Å²) < 4.78 is 0. The van der Waals surface area contributed by atoms with E-state index in [2.05, 4.69) is 5.32 Å². The zero-order valence-electron chi connectivity index (χ0n) is 11.8. The van der Waals surface area contributed by atoms with Crippen LogP contribution in [-0.4, -0.2) is 24.2 Å². The summed E-state index contributed by atoms with van der Waals surface area (Å²) in [7, 11) is 0. The summed E-state index contributed by atoms with van der Waals surface area (Å²) in [5.41, 5.74) is 0. The van der Waals surface area contributed by atoms with E-state index in [1.54, 1.807) is 6.92 Å². The van der Waals surface area contributed by atoms with Gasteiger partial charge in [0.05, 0.1) is 5.92 Å². The summed E-state index contributed by atoms with van der Waals surface area (Å²) in [6, 6.07) is 0. The van der Waals surface area contributed by atoms with Crippen LogP contribution in [0.15, 0.2) is 0 Å². The van der Waals surface area contributed by atoms with Crippen LogP contribution >= 0.6 is 0 Å². The molecule has 96 valence electrons. The number of nitrogens with one attached hydrogen (secondary N) is 1. The molecule has 0 aliphatic carbocycles. The molecule has 15 heavy (non-hydrogen) atoms. The molecule has 1 unspecified atom stereocenters. The minimum atomic E-state index is -0.740. The molecular weight excluding hydrogens is 190 g/mol. The van der Waals surface area contributed by atoms with Gasteiger partial charge in [-0.25, -0.2) is 0 Å². The van der Waals surface area contributed by atoms with Crippen LogP contribution in [-0.2, 0) is 4.79 Å². The number of carboxylic acids is 1. The van der Waals surface area contributed by atoms with Crippen LogP contribution in [0.5, 0.6) is 0 Å². The van der Waals surface area contributed by atoms with Gasteiger partial charge in [0.2, 0.25) is 0 Å². The second-order valence-electron chi connectivity index (χ2n) is 2.05. The largest absolute Gasteiger partial charge is 0.481 e. The number of hydrogen-bond donors (Lipinski definition) is 2. The first-order valence-electron chi connectivity index (χ1n) is 6.12. The van der Waals surface area contributed by atoms with Crippen molar-refractivity contribution < 1.29 is 9.90 Å². The fourth-order valence-corrected chi connectivity index (χ4v) is 0.448. The van der Waals surface area contributed by atoms with E-state index in [9.17, 15) is 4.79 Å². The molecule has 0 bridgehead atoms. The van der Waals surface area contributed by atoms with E-state index in [1.165, 1.54) is 0 Å². The molecule has 0 saturated heterocycles. The molecule has 0 saturated carbocycles. The molecule has 0 heterocycles. The topological polar surface area (TPSA) is 49.3 Å². The van der Waals surface area contributed by atoms with Crippen molar-refractivity contribution in [2.75, 3.05) is 13.1 Å². The number of rotatable bonds is 4. The van der Waals surface area contributed by atoms with Gasteiger partial charge in [0.1, 0.15) is 0 Å². The number of hydrogen-bond acceptors (Lipinski definition) is 2. The highest BCUT2D eigenvalue weighted by molar-refractivity contribution is 5.69. The lowest BCUT2D eigenvalue weighted by Crippen LogP contribution is -2.25. The summed E-state index contributed by atoms with van der Waals surface area (Å²) in [5, 5.41) is 11.3. The monoisotopic (exact) mass is 221 g/mol. The van der Waals surface area contributed by atoms with Gasteiger partial charge in [-0.3, -0.25) is 4.79 Å². The third-order valence-electron chi connectivity index (χ3n) is 1.12. The lowest BCUT2D eigenvalue weighted by molar-refractivity contribution is -0.140. The minimum Gasteiger partial charge on any atom is -0.481 e. The third kappa shape index (κ3) is 31.8. The summed E-state index contributed by atoms with van der Waals surface area (Å²) in [6.07, 6.45) is 0. The molecule has 3 heteroatoms. The van der Waals surface area contributed by atoms with E-state index in [1.807, 2.05) is 48.5 Å². The van der Waals surface area contributed by atoms with Gasteiger partial charge < -0.3 is 10.4 Å². The van der Waals surface area contributed by atoms with Crippen LogP contribution in [0.4, 0.5) is 0 Å². The lowest BCUT2D eigenvalue weighted by atomic mass is 10.2. The number of carbonyl (C=O) groups is 1. The van der Waals surface area contributed by atoms with E-state index < -0.39 is 5.97 Å². The van der Waals surface area contributed by atoms with Gasteiger partial charge in [0, 0.05) is 6.54 Å². The predicted octanol–water partition coefficient (Wildman–Crippen LogP) is 3.40. The summed E-state index contributed by atoms with van der Waals surface area (Å²) in [6.45, 7) is 17.0. The summed E-state index contributed by atoms with van der Waals surface area (Å²) >= 11 is 0. The van der Waals surface area contributed by atoms with E-state index in [0.29, 0.717) is 6.54 Å². The van der Waals surface area contributed by atoms with Gasteiger partial charge in [-0.15, -0.1) is 0 Å². The van der Waals surface area contributed by atoms with Crippen molar-refractivity contribution in [2.24, 2.45) is 5.92 Å². The maximum absolute atomic E-state index is 10.2. The van der Waals surface area contributed by atoms with Crippen molar-refractivity contribution in [3.05, 3.63) is 0 Å². The van der Waals surface area contributed by atoms with Crippen LogP contribution < -0.4 is 5.32 Å². The Balaban J connectivity index is -0.0000000860. The molecule has 0 radical (unpaired) electrons. The Morgan fingerprint density at radius 3 is 1.67 bits per heavy atom. The standard InChI is InChI=1S/C6H13NO2.3C2H6/c1-3-7-4-5(2)6(8)9;3*1-2/h5,7H,3-4H2,1-2H3,(H,8,9);3*1-2H3. The number of carboxylic acid groups (broad SMARTS) is 1. The summed E-state index contributed by atoms with van der Waals surface area (Å²) in [4.78, 5) is 10.2. The molecular formula is C12H31NO2. The van der Waals surface area contributed by atoms with Crippen molar-refractivity contribution in [2.45, 2.75) is 55.4 Å². The van der Waals surface area contributed by atoms with Crippen molar-refractivity contribution in [1.29, 1.82) is 0 Å². The van der Waals surface area contributed by atoms with E-state index in [4.69, 9.17) is 5.11 Å². The molecule has 2 N–H and O–H groups in total. The van der Waals surface area contributed by atoms with Gasteiger partial charge in [0.15, 0.2) is 0 Å². The second-order valence-corrected chi connectivity index (χ2v) is 2.05. The molecule has 0 rings (SSSR count). The Morgan fingerprint density at radius 1 is 1.13 bits per heavy atom. The van der Waals surface area contributed by atoms with E-state index in [0.717, 1.165) is 6.54 Å². The van der Waals surface area contributed by atoms with Gasteiger partial charge in [0.25, 0.3) is 0 Å². The Hall–Kier alpha value is -0.570. The fourth-order valence-electron chi connectivity index (χ4n) is 0.448. The van der Waals surface area contributed by atoms with Crippen molar-refractivity contribution in [3.63, 3.8) is 0 Å².